The number of amides is 1. The number of rotatable bonds is 4. The van der Waals surface area contributed by atoms with Crippen LogP contribution in [0.25, 0.3) is 0 Å². The van der Waals surface area contributed by atoms with Crippen molar-refractivity contribution in [3.8, 4) is 0 Å². The van der Waals surface area contributed by atoms with Gasteiger partial charge in [-0.1, -0.05) is 12.1 Å². The zero-order valence-electron chi connectivity index (χ0n) is 11.0. The molecule has 1 amide bonds. The highest BCUT2D eigenvalue weighted by molar-refractivity contribution is 8.00. The van der Waals surface area contributed by atoms with Gasteiger partial charge in [-0.2, -0.15) is 0 Å². The van der Waals surface area contributed by atoms with E-state index in [0.717, 1.165) is 10.5 Å². The standard InChI is InChI=1S/C15H15FN2OS/c1-10-13(17)6-3-7-14(10)18-15(19)9-20-12-5-2-4-11(16)8-12/h2-8H,9,17H2,1H3,(H,18,19). The number of anilines is 2. The van der Waals surface area contributed by atoms with Crippen molar-refractivity contribution in [3.05, 3.63) is 53.8 Å². The molecule has 3 nitrogen and oxygen atoms in total. The zero-order chi connectivity index (χ0) is 14.5. The van der Waals surface area contributed by atoms with Crippen molar-refractivity contribution in [2.75, 3.05) is 16.8 Å². The average Bonchev–Trinajstić information content (AvgIpc) is 2.42. The van der Waals surface area contributed by atoms with Crippen LogP contribution in [0.4, 0.5) is 15.8 Å². The fourth-order valence-electron chi connectivity index (χ4n) is 1.68. The Morgan fingerprint density at radius 2 is 2.05 bits per heavy atom. The van der Waals surface area contributed by atoms with E-state index in [2.05, 4.69) is 5.32 Å². The fraction of sp³-hybridized carbons (Fsp3) is 0.133. The second kappa shape index (κ2) is 6.43. The van der Waals surface area contributed by atoms with Gasteiger partial charge in [0.25, 0.3) is 0 Å². The number of thioether (sulfide) groups is 1. The largest absolute Gasteiger partial charge is 0.398 e. The van der Waals surface area contributed by atoms with Crippen molar-refractivity contribution in [2.45, 2.75) is 11.8 Å². The molecule has 0 bridgehead atoms. The summed E-state index contributed by atoms with van der Waals surface area (Å²) in [6, 6.07) is 11.6. The van der Waals surface area contributed by atoms with Gasteiger partial charge in [0.05, 0.1) is 5.75 Å². The first-order valence-corrected chi connectivity index (χ1v) is 7.08. The Bertz CT molecular complexity index is 631. The summed E-state index contributed by atoms with van der Waals surface area (Å²) in [6.45, 7) is 1.85. The summed E-state index contributed by atoms with van der Waals surface area (Å²) in [7, 11) is 0. The van der Waals surface area contributed by atoms with E-state index < -0.39 is 0 Å². The minimum Gasteiger partial charge on any atom is -0.398 e. The van der Waals surface area contributed by atoms with E-state index >= 15 is 0 Å². The SMILES string of the molecule is Cc1c(N)cccc1NC(=O)CSc1cccc(F)c1. The molecule has 0 unspecified atom stereocenters. The number of benzene rings is 2. The van der Waals surface area contributed by atoms with Crippen LogP contribution >= 0.6 is 11.8 Å². The van der Waals surface area contributed by atoms with Gasteiger partial charge in [0.1, 0.15) is 5.82 Å². The Hall–Kier alpha value is -2.01. The van der Waals surface area contributed by atoms with Crippen LogP contribution in [-0.2, 0) is 4.79 Å². The van der Waals surface area contributed by atoms with E-state index in [1.54, 1.807) is 30.3 Å². The highest BCUT2D eigenvalue weighted by Gasteiger charge is 2.07. The lowest BCUT2D eigenvalue weighted by atomic mass is 10.1. The summed E-state index contributed by atoms with van der Waals surface area (Å²) < 4.78 is 13.0. The summed E-state index contributed by atoms with van der Waals surface area (Å²) in [4.78, 5) is 12.6. The van der Waals surface area contributed by atoms with Crippen LogP contribution in [0.15, 0.2) is 47.4 Å². The predicted octanol–water partition coefficient (Wildman–Crippen LogP) is 3.45. The lowest BCUT2D eigenvalue weighted by Gasteiger charge is -2.10. The lowest BCUT2D eigenvalue weighted by Crippen LogP contribution is -2.15. The summed E-state index contributed by atoms with van der Waals surface area (Å²) in [5.41, 5.74) is 7.97. The van der Waals surface area contributed by atoms with Crippen LogP contribution < -0.4 is 11.1 Å². The van der Waals surface area contributed by atoms with Crippen molar-refractivity contribution in [1.29, 1.82) is 0 Å². The third-order valence-corrected chi connectivity index (χ3v) is 3.81. The van der Waals surface area contributed by atoms with Crippen LogP contribution in [0.5, 0.6) is 0 Å². The molecule has 0 aliphatic rings. The number of nitrogens with two attached hydrogens (primary N) is 1. The Kier molecular flexibility index (Phi) is 4.63. The molecule has 0 radical (unpaired) electrons. The van der Waals surface area contributed by atoms with Crippen LogP contribution in [0.2, 0.25) is 0 Å². The molecule has 104 valence electrons. The van der Waals surface area contributed by atoms with Crippen LogP contribution in [0, 0.1) is 12.7 Å². The van der Waals surface area contributed by atoms with Crippen molar-refractivity contribution in [3.63, 3.8) is 0 Å². The van der Waals surface area contributed by atoms with E-state index in [4.69, 9.17) is 5.73 Å². The third-order valence-electron chi connectivity index (χ3n) is 2.82. The van der Waals surface area contributed by atoms with E-state index in [0.29, 0.717) is 11.4 Å². The van der Waals surface area contributed by atoms with Gasteiger partial charge >= 0.3 is 0 Å². The van der Waals surface area contributed by atoms with Crippen molar-refractivity contribution in [1.82, 2.24) is 0 Å². The minimum atomic E-state index is -0.304. The van der Waals surface area contributed by atoms with E-state index in [-0.39, 0.29) is 17.5 Å². The molecule has 0 heterocycles. The highest BCUT2D eigenvalue weighted by Crippen LogP contribution is 2.22. The Morgan fingerprint density at radius 3 is 2.80 bits per heavy atom. The molecule has 0 aliphatic heterocycles. The molecule has 0 spiro atoms. The number of nitrogens with one attached hydrogen (secondary N) is 1. The molecule has 0 fully saturated rings. The average molecular weight is 290 g/mol. The molecule has 2 aromatic carbocycles. The maximum Gasteiger partial charge on any atom is 0.234 e. The van der Waals surface area contributed by atoms with Gasteiger partial charge in [0.2, 0.25) is 5.91 Å². The number of hydrogen-bond acceptors (Lipinski definition) is 3. The number of carbonyl (C=O) groups is 1. The number of carbonyl (C=O) groups excluding carboxylic acids is 1. The first-order chi connectivity index (χ1) is 9.56. The number of hydrogen-bond donors (Lipinski definition) is 2. The molecule has 0 aromatic heterocycles. The van der Waals surface area contributed by atoms with Crippen molar-refractivity contribution in [2.24, 2.45) is 0 Å². The number of nitrogen functional groups attached to an aromatic ring is 1. The normalized spacial score (nSPS) is 10.3. The maximum absolute atomic E-state index is 13.0. The van der Waals surface area contributed by atoms with Crippen LogP contribution in [0.3, 0.4) is 0 Å². The van der Waals surface area contributed by atoms with Gasteiger partial charge in [-0.15, -0.1) is 11.8 Å². The third kappa shape index (κ3) is 3.74. The molecule has 3 N–H and O–H groups in total. The quantitative estimate of drug-likeness (QED) is 0.670. The molecular formula is C15H15FN2OS. The molecular weight excluding hydrogens is 275 g/mol. The minimum absolute atomic E-state index is 0.145. The molecule has 20 heavy (non-hydrogen) atoms. The molecule has 0 saturated carbocycles. The molecule has 0 aliphatic carbocycles. The molecule has 2 rings (SSSR count). The zero-order valence-corrected chi connectivity index (χ0v) is 11.8. The monoisotopic (exact) mass is 290 g/mol. The first-order valence-electron chi connectivity index (χ1n) is 6.09. The summed E-state index contributed by atoms with van der Waals surface area (Å²) in [5.74, 6) is -0.229. The number of halogens is 1. The van der Waals surface area contributed by atoms with Gasteiger partial charge < -0.3 is 11.1 Å². The second-order valence-electron chi connectivity index (χ2n) is 4.31. The molecule has 5 heteroatoms. The van der Waals surface area contributed by atoms with Gasteiger partial charge in [-0.3, -0.25) is 4.79 Å². The fourth-order valence-corrected chi connectivity index (χ4v) is 2.42. The highest BCUT2D eigenvalue weighted by atomic mass is 32.2. The van der Waals surface area contributed by atoms with Crippen molar-refractivity contribution < 1.29 is 9.18 Å². The van der Waals surface area contributed by atoms with E-state index in [1.807, 2.05) is 6.92 Å². The lowest BCUT2D eigenvalue weighted by molar-refractivity contribution is -0.113. The summed E-state index contributed by atoms with van der Waals surface area (Å²) in [6.07, 6.45) is 0. The second-order valence-corrected chi connectivity index (χ2v) is 5.36. The van der Waals surface area contributed by atoms with E-state index in [9.17, 15) is 9.18 Å². The maximum atomic E-state index is 13.0. The van der Waals surface area contributed by atoms with Crippen molar-refractivity contribution >= 4 is 29.0 Å². The topological polar surface area (TPSA) is 55.1 Å². The Balaban J connectivity index is 1.94. The van der Waals surface area contributed by atoms with Gasteiger partial charge in [0, 0.05) is 16.3 Å². The molecule has 0 atom stereocenters. The van der Waals surface area contributed by atoms with Gasteiger partial charge in [-0.05, 0) is 42.8 Å². The van der Waals surface area contributed by atoms with Crippen LogP contribution in [-0.4, -0.2) is 11.7 Å². The smallest absolute Gasteiger partial charge is 0.234 e. The Morgan fingerprint density at radius 1 is 1.30 bits per heavy atom. The predicted molar refractivity (Wildman–Crippen MR) is 81.3 cm³/mol. The molecule has 2 aromatic rings. The molecule has 0 saturated heterocycles. The first kappa shape index (κ1) is 14.4. The van der Waals surface area contributed by atoms with Gasteiger partial charge in [0.15, 0.2) is 0 Å². The summed E-state index contributed by atoms with van der Waals surface area (Å²) in [5, 5.41) is 2.80. The van der Waals surface area contributed by atoms with E-state index in [1.165, 1.54) is 23.9 Å². The Labute approximate surface area is 121 Å². The van der Waals surface area contributed by atoms with Gasteiger partial charge in [-0.25, -0.2) is 4.39 Å². The van der Waals surface area contributed by atoms with Crippen LogP contribution in [0.1, 0.15) is 5.56 Å². The summed E-state index contributed by atoms with van der Waals surface area (Å²) >= 11 is 1.29.